The number of aliphatic carboxylic acids is 1. The van der Waals surface area contributed by atoms with E-state index in [-0.39, 0.29) is 24.2 Å². The van der Waals surface area contributed by atoms with E-state index in [1.54, 1.807) is 23.1 Å². The van der Waals surface area contributed by atoms with E-state index in [4.69, 9.17) is 5.11 Å². The molecule has 0 heterocycles. The van der Waals surface area contributed by atoms with Crippen molar-refractivity contribution >= 4 is 11.9 Å². The summed E-state index contributed by atoms with van der Waals surface area (Å²) in [5.41, 5.74) is 1.62. The van der Waals surface area contributed by atoms with Crippen LogP contribution in [0.3, 0.4) is 0 Å². The van der Waals surface area contributed by atoms with E-state index < -0.39 is 17.8 Å². The molecule has 1 fully saturated rings. The number of hydrogen-bond acceptors (Lipinski definition) is 3. The molecule has 5 heteroatoms. The highest BCUT2D eigenvalue weighted by Gasteiger charge is 2.50. The van der Waals surface area contributed by atoms with Crippen molar-refractivity contribution in [2.45, 2.75) is 25.9 Å². The number of carbonyl (C=O) groups excluding carboxylic acids is 1. The van der Waals surface area contributed by atoms with Crippen molar-refractivity contribution in [3.63, 3.8) is 0 Å². The number of hydrogen-bond donors (Lipinski definition) is 2. The van der Waals surface area contributed by atoms with Gasteiger partial charge in [0.05, 0.1) is 17.9 Å². The third kappa shape index (κ3) is 3.65. The smallest absolute Gasteiger partial charge is 0.307 e. The van der Waals surface area contributed by atoms with Gasteiger partial charge in [0.25, 0.3) is 0 Å². The van der Waals surface area contributed by atoms with Crippen LogP contribution in [0.4, 0.5) is 0 Å². The zero-order valence-corrected chi connectivity index (χ0v) is 14.0. The van der Waals surface area contributed by atoms with Gasteiger partial charge in [0, 0.05) is 12.1 Å². The Bertz CT molecular complexity index is 774. The summed E-state index contributed by atoms with van der Waals surface area (Å²) < 4.78 is 0. The lowest BCUT2D eigenvalue weighted by Crippen LogP contribution is -2.35. The summed E-state index contributed by atoms with van der Waals surface area (Å²) in [4.78, 5) is 25.7. The van der Waals surface area contributed by atoms with Crippen molar-refractivity contribution in [1.29, 1.82) is 0 Å². The minimum Gasteiger partial charge on any atom is -0.508 e. The summed E-state index contributed by atoms with van der Waals surface area (Å²) in [5.74, 6) is -2.04. The van der Waals surface area contributed by atoms with E-state index in [1.807, 2.05) is 43.3 Å². The molecule has 0 spiro atoms. The van der Waals surface area contributed by atoms with Crippen LogP contribution < -0.4 is 0 Å². The van der Waals surface area contributed by atoms with Crippen LogP contribution in [0, 0.1) is 11.8 Å². The van der Waals surface area contributed by atoms with Gasteiger partial charge in [-0.3, -0.25) is 9.59 Å². The van der Waals surface area contributed by atoms with Gasteiger partial charge in [-0.05, 0) is 25.0 Å². The fourth-order valence-electron chi connectivity index (χ4n) is 3.10. The number of carboxylic acid groups (broad SMARTS) is 1. The largest absolute Gasteiger partial charge is 0.508 e. The number of para-hydroxylation sites is 1. The Morgan fingerprint density at radius 2 is 1.72 bits per heavy atom. The highest BCUT2D eigenvalue weighted by atomic mass is 16.4. The molecule has 2 aromatic rings. The van der Waals surface area contributed by atoms with Gasteiger partial charge in [0.2, 0.25) is 5.91 Å². The van der Waals surface area contributed by atoms with Gasteiger partial charge in [0.15, 0.2) is 0 Å². The maximum absolute atomic E-state index is 12.9. The number of phenolic OH excluding ortho intramolecular Hbond substituents is 1. The Kier molecular flexibility index (Phi) is 4.74. The number of carbonyl (C=O) groups is 2. The van der Waals surface area contributed by atoms with Gasteiger partial charge >= 0.3 is 5.97 Å². The van der Waals surface area contributed by atoms with E-state index in [2.05, 4.69) is 0 Å². The lowest BCUT2D eigenvalue weighted by molar-refractivity contribution is -0.143. The average molecular weight is 339 g/mol. The molecule has 5 nitrogen and oxygen atoms in total. The van der Waals surface area contributed by atoms with Crippen molar-refractivity contribution < 1.29 is 19.8 Å². The number of phenols is 1. The first-order valence-electron chi connectivity index (χ1n) is 8.34. The molecule has 1 aliphatic carbocycles. The highest BCUT2D eigenvalue weighted by Crippen LogP contribution is 2.42. The Morgan fingerprint density at radius 1 is 1.08 bits per heavy atom. The van der Waals surface area contributed by atoms with Crippen LogP contribution in [0.2, 0.25) is 0 Å². The fourth-order valence-corrected chi connectivity index (χ4v) is 3.10. The molecule has 3 rings (SSSR count). The number of benzene rings is 2. The van der Waals surface area contributed by atoms with Crippen LogP contribution in [0.15, 0.2) is 54.6 Å². The molecule has 1 aliphatic rings. The van der Waals surface area contributed by atoms with Gasteiger partial charge in [0.1, 0.15) is 5.75 Å². The zero-order chi connectivity index (χ0) is 18.0. The first-order chi connectivity index (χ1) is 12.0. The predicted octanol–water partition coefficient (Wildman–Crippen LogP) is 3.20. The Balaban J connectivity index is 1.87. The van der Waals surface area contributed by atoms with Crippen molar-refractivity contribution in [3.05, 3.63) is 65.7 Å². The van der Waals surface area contributed by atoms with Crippen LogP contribution in [0.5, 0.6) is 5.75 Å². The first kappa shape index (κ1) is 17.0. The van der Waals surface area contributed by atoms with Gasteiger partial charge < -0.3 is 15.1 Å². The quantitative estimate of drug-likeness (QED) is 0.847. The Morgan fingerprint density at radius 3 is 2.32 bits per heavy atom. The van der Waals surface area contributed by atoms with E-state index >= 15 is 0 Å². The molecule has 0 bridgehead atoms. The van der Waals surface area contributed by atoms with Crippen molar-refractivity contribution in [3.8, 4) is 5.75 Å². The molecule has 3 atom stereocenters. The monoisotopic (exact) mass is 339 g/mol. The van der Waals surface area contributed by atoms with E-state index in [9.17, 15) is 14.7 Å². The molecule has 130 valence electrons. The molecule has 1 unspecified atom stereocenters. The van der Waals surface area contributed by atoms with Crippen LogP contribution in [0.25, 0.3) is 0 Å². The molecule has 0 aliphatic heterocycles. The summed E-state index contributed by atoms with van der Waals surface area (Å²) in [6.45, 7) is 2.16. The van der Waals surface area contributed by atoms with Gasteiger partial charge in [-0.15, -0.1) is 0 Å². The molecule has 1 saturated carbocycles. The van der Waals surface area contributed by atoms with Crippen molar-refractivity contribution in [2.75, 3.05) is 0 Å². The SMILES string of the molecule is CC(c1ccccc1)N(Cc1ccccc1O)C(=O)[C@@H]1C[C@H]1C(=O)O. The Hall–Kier alpha value is -2.82. The van der Waals surface area contributed by atoms with Crippen LogP contribution >= 0.6 is 0 Å². The summed E-state index contributed by atoms with van der Waals surface area (Å²) >= 11 is 0. The number of nitrogens with zero attached hydrogens (tertiary/aromatic N) is 1. The summed E-state index contributed by atoms with van der Waals surface area (Å²) in [7, 11) is 0. The maximum Gasteiger partial charge on any atom is 0.307 e. The molecule has 1 amide bonds. The number of rotatable bonds is 6. The van der Waals surface area contributed by atoms with Gasteiger partial charge in [-0.25, -0.2) is 0 Å². The minimum absolute atomic E-state index is 0.131. The molecule has 0 saturated heterocycles. The Labute approximate surface area is 146 Å². The van der Waals surface area contributed by atoms with Gasteiger partial charge in [-0.1, -0.05) is 48.5 Å². The normalized spacial score (nSPS) is 19.9. The molecule has 0 aromatic heterocycles. The minimum atomic E-state index is -0.923. The van der Waals surface area contributed by atoms with E-state index in [0.717, 1.165) is 5.56 Å². The van der Waals surface area contributed by atoms with E-state index in [0.29, 0.717) is 12.0 Å². The third-order valence-electron chi connectivity index (χ3n) is 4.79. The highest BCUT2D eigenvalue weighted by molar-refractivity contribution is 5.89. The second-order valence-electron chi connectivity index (χ2n) is 6.47. The first-order valence-corrected chi connectivity index (χ1v) is 8.34. The molecule has 0 radical (unpaired) electrons. The lowest BCUT2D eigenvalue weighted by Gasteiger charge is -2.30. The molecular formula is C20H21NO4. The number of aromatic hydroxyl groups is 1. The zero-order valence-electron chi connectivity index (χ0n) is 14.0. The third-order valence-corrected chi connectivity index (χ3v) is 4.79. The summed E-state index contributed by atoms with van der Waals surface area (Å²) in [6.07, 6.45) is 0.382. The molecule has 25 heavy (non-hydrogen) atoms. The molecule has 2 aromatic carbocycles. The molecular weight excluding hydrogens is 318 g/mol. The summed E-state index contributed by atoms with van der Waals surface area (Å²) in [5, 5.41) is 19.2. The topological polar surface area (TPSA) is 77.8 Å². The fraction of sp³-hybridized carbons (Fsp3) is 0.300. The van der Waals surface area contributed by atoms with Gasteiger partial charge in [-0.2, -0.15) is 0 Å². The maximum atomic E-state index is 12.9. The second-order valence-corrected chi connectivity index (χ2v) is 6.47. The predicted molar refractivity (Wildman–Crippen MR) is 92.7 cm³/mol. The molecule has 2 N–H and O–H groups in total. The van der Waals surface area contributed by atoms with Crippen LogP contribution in [-0.4, -0.2) is 27.0 Å². The summed E-state index contributed by atoms with van der Waals surface area (Å²) in [6, 6.07) is 16.3. The van der Waals surface area contributed by atoms with Crippen molar-refractivity contribution in [1.82, 2.24) is 4.90 Å². The van der Waals surface area contributed by atoms with Crippen LogP contribution in [-0.2, 0) is 16.1 Å². The van der Waals surface area contributed by atoms with Crippen molar-refractivity contribution in [2.24, 2.45) is 11.8 Å². The van der Waals surface area contributed by atoms with Crippen LogP contribution in [0.1, 0.15) is 30.5 Å². The van der Waals surface area contributed by atoms with E-state index in [1.165, 1.54) is 0 Å². The average Bonchev–Trinajstić information content (AvgIpc) is 3.42. The number of amides is 1. The lowest BCUT2D eigenvalue weighted by atomic mass is 10.0. The standard InChI is InChI=1S/C20H21NO4/c1-13(14-7-3-2-4-8-14)21(12-15-9-5-6-10-18(15)22)19(23)16-11-17(16)20(24)25/h2-10,13,16-17,22H,11-12H2,1H3,(H,24,25)/t13?,16-,17-/m1/s1. The second kappa shape index (κ2) is 6.97. The number of carboxylic acids is 1.